The molecule has 0 bridgehead atoms. The van der Waals surface area contributed by atoms with E-state index < -0.39 is 0 Å². The van der Waals surface area contributed by atoms with Crippen LogP contribution in [0.1, 0.15) is 33.1 Å². The molecule has 4 heteroatoms. The van der Waals surface area contributed by atoms with E-state index in [0.717, 1.165) is 26.1 Å². The summed E-state index contributed by atoms with van der Waals surface area (Å²) in [6, 6.07) is 1.14. The van der Waals surface area contributed by atoms with Crippen molar-refractivity contribution in [2.24, 2.45) is 5.73 Å². The van der Waals surface area contributed by atoms with Crippen LogP contribution in [0.2, 0.25) is 0 Å². The van der Waals surface area contributed by atoms with Gasteiger partial charge in [-0.05, 0) is 53.8 Å². The average molecular weight is 255 g/mol. The maximum atomic E-state index is 6.16. The molecule has 0 saturated carbocycles. The quantitative estimate of drug-likeness (QED) is 0.814. The Hall–Kier alpha value is -0.160. The van der Waals surface area contributed by atoms with Crippen molar-refractivity contribution in [2.45, 2.75) is 56.8 Å². The Labute approximate surface area is 111 Å². The summed E-state index contributed by atoms with van der Waals surface area (Å²) < 4.78 is 5.72. The zero-order valence-electron chi connectivity index (χ0n) is 12.4. The van der Waals surface area contributed by atoms with Crippen LogP contribution >= 0.6 is 0 Å². The van der Waals surface area contributed by atoms with Gasteiger partial charge in [0.1, 0.15) is 0 Å². The summed E-state index contributed by atoms with van der Waals surface area (Å²) >= 11 is 0. The Morgan fingerprint density at radius 1 is 1.44 bits per heavy atom. The Kier molecular flexibility index (Phi) is 4.32. The van der Waals surface area contributed by atoms with Crippen LogP contribution in [0.4, 0.5) is 0 Å². The van der Waals surface area contributed by atoms with E-state index in [2.05, 4.69) is 37.7 Å². The number of likely N-dealkylation sites (N-methyl/N-ethyl adjacent to an activating group) is 1. The lowest BCUT2D eigenvalue weighted by Crippen LogP contribution is -2.63. The highest BCUT2D eigenvalue weighted by atomic mass is 16.5. The third kappa shape index (κ3) is 2.44. The number of rotatable bonds is 3. The number of piperidine rings is 1. The van der Waals surface area contributed by atoms with E-state index in [1.54, 1.807) is 0 Å². The second-order valence-electron chi connectivity index (χ2n) is 6.26. The van der Waals surface area contributed by atoms with Crippen LogP contribution in [0.5, 0.6) is 0 Å². The van der Waals surface area contributed by atoms with Crippen molar-refractivity contribution in [2.75, 3.05) is 33.8 Å². The lowest BCUT2D eigenvalue weighted by atomic mass is 9.81. The van der Waals surface area contributed by atoms with Crippen molar-refractivity contribution < 1.29 is 4.74 Å². The fraction of sp³-hybridized carbons (Fsp3) is 1.00. The molecule has 2 aliphatic rings. The molecule has 106 valence electrons. The summed E-state index contributed by atoms with van der Waals surface area (Å²) in [5.74, 6) is 0. The highest BCUT2D eigenvalue weighted by molar-refractivity contribution is 5.01. The summed E-state index contributed by atoms with van der Waals surface area (Å²) in [6.07, 6.45) is 3.82. The van der Waals surface area contributed by atoms with Crippen molar-refractivity contribution >= 4 is 0 Å². The lowest BCUT2D eigenvalue weighted by molar-refractivity contribution is -0.0183. The van der Waals surface area contributed by atoms with Crippen molar-refractivity contribution in [1.82, 2.24) is 9.80 Å². The van der Waals surface area contributed by atoms with Crippen molar-refractivity contribution in [3.63, 3.8) is 0 Å². The minimum atomic E-state index is 0.165. The maximum Gasteiger partial charge on any atom is 0.0703 e. The van der Waals surface area contributed by atoms with Gasteiger partial charge in [-0.25, -0.2) is 0 Å². The minimum absolute atomic E-state index is 0.165. The summed E-state index contributed by atoms with van der Waals surface area (Å²) in [7, 11) is 4.47. The number of hydrogen-bond donors (Lipinski definition) is 1. The number of ether oxygens (including phenoxy) is 1. The second-order valence-corrected chi connectivity index (χ2v) is 6.26. The molecule has 0 aromatic carbocycles. The Balaban J connectivity index is 2.11. The van der Waals surface area contributed by atoms with E-state index in [1.807, 2.05) is 0 Å². The predicted octanol–water partition coefficient (Wildman–Crippen LogP) is 0.907. The third-order valence-corrected chi connectivity index (χ3v) is 5.32. The Morgan fingerprint density at radius 2 is 2.17 bits per heavy atom. The second kappa shape index (κ2) is 5.45. The van der Waals surface area contributed by atoms with Gasteiger partial charge in [0.15, 0.2) is 0 Å². The molecule has 0 amide bonds. The molecule has 4 nitrogen and oxygen atoms in total. The molecule has 2 N–H and O–H groups in total. The van der Waals surface area contributed by atoms with Crippen LogP contribution in [-0.4, -0.2) is 67.3 Å². The van der Waals surface area contributed by atoms with Crippen molar-refractivity contribution in [1.29, 1.82) is 0 Å². The molecule has 2 saturated heterocycles. The first-order valence-electron chi connectivity index (χ1n) is 7.25. The predicted molar refractivity (Wildman–Crippen MR) is 74.7 cm³/mol. The minimum Gasteiger partial charge on any atom is -0.377 e. The Bertz CT molecular complexity index is 286. The van der Waals surface area contributed by atoms with Gasteiger partial charge in [-0.3, -0.25) is 4.90 Å². The van der Waals surface area contributed by atoms with Gasteiger partial charge in [-0.15, -0.1) is 0 Å². The van der Waals surface area contributed by atoms with Gasteiger partial charge in [0, 0.05) is 30.8 Å². The van der Waals surface area contributed by atoms with Gasteiger partial charge in [0.05, 0.1) is 6.10 Å². The largest absolute Gasteiger partial charge is 0.377 e. The van der Waals surface area contributed by atoms with Crippen molar-refractivity contribution in [3.8, 4) is 0 Å². The molecule has 2 fully saturated rings. The third-order valence-electron chi connectivity index (χ3n) is 5.32. The molecule has 0 spiro atoms. The molecule has 0 aliphatic carbocycles. The highest BCUT2D eigenvalue weighted by Gasteiger charge is 2.44. The van der Waals surface area contributed by atoms with E-state index in [-0.39, 0.29) is 5.54 Å². The molecule has 0 aromatic heterocycles. The number of nitrogens with zero attached hydrogens (tertiary/aromatic N) is 2. The van der Waals surface area contributed by atoms with Gasteiger partial charge in [-0.2, -0.15) is 0 Å². The van der Waals surface area contributed by atoms with Crippen LogP contribution in [0.3, 0.4) is 0 Å². The molecule has 2 heterocycles. The number of hydrogen-bond acceptors (Lipinski definition) is 4. The van der Waals surface area contributed by atoms with Crippen molar-refractivity contribution in [3.05, 3.63) is 0 Å². The first-order chi connectivity index (χ1) is 8.50. The van der Waals surface area contributed by atoms with Gasteiger partial charge in [0.2, 0.25) is 0 Å². The molecule has 0 aromatic rings. The smallest absolute Gasteiger partial charge is 0.0703 e. The van der Waals surface area contributed by atoms with Crippen LogP contribution in [0.15, 0.2) is 0 Å². The van der Waals surface area contributed by atoms with Crippen LogP contribution in [0, 0.1) is 0 Å². The van der Waals surface area contributed by atoms with Gasteiger partial charge in [-0.1, -0.05) is 0 Å². The number of nitrogens with two attached hydrogens (primary N) is 1. The summed E-state index contributed by atoms with van der Waals surface area (Å²) in [5, 5.41) is 0. The summed E-state index contributed by atoms with van der Waals surface area (Å²) in [6.45, 7) is 7.30. The maximum absolute atomic E-state index is 6.16. The summed E-state index contributed by atoms with van der Waals surface area (Å²) in [4.78, 5) is 4.98. The average Bonchev–Trinajstić information content (AvgIpc) is 2.78. The fourth-order valence-electron chi connectivity index (χ4n) is 3.64. The molecule has 2 aliphatic heterocycles. The van der Waals surface area contributed by atoms with E-state index in [0.29, 0.717) is 18.2 Å². The highest BCUT2D eigenvalue weighted by Crippen LogP contribution is 2.34. The van der Waals surface area contributed by atoms with E-state index in [4.69, 9.17) is 10.5 Å². The molecule has 4 unspecified atom stereocenters. The summed E-state index contributed by atoms with van der Waals surface area (Å²) in [5.41, 5.74) is 6.32. The van der Waals surface area contributed by atoms with Crippen LogP contribution < -0.4 is 5.73 Å². The Morgan fingerprint density at radius 3 is 2.67 bits per heavy atom. The fourth-order valence-corrected chi connectivity index (χ4v) is 3.64. The van der Waals surface area contributed by atoms with E-state index >= 15 is 0 Å². The van der Waals surface area contributed by atoms with Crippen LogP contribution in [-0.2, 0) is 4.74 Å². The van der Waals surface area contributed by atoms with Gasteiger partial charge >= 0.3 is 0 Å². The molecule has 18 heavy (non-hydrogen) atoms. The monoisotopic (exact) mass is 255 g/mol. The lowest BCUT2D eigenvalue weighted by Gasteiger charge is -2.51. The zero-order valence-corrected chi connectivity index (χ0v) is 12.4. The molecular weight excluding hydrogens is 226 g/mol. The van der Waals surface area contributed by atoms with Gasteiger partial charge < -0.3 is 15.4 Å². The first-order valence-corrected chi connectivity index (χ1v) is 7.25. The molecule has 2 rings (SSSR count). The number of likely N-dealkylation sites (tertiary alicyclic amines) is 1. The molecule has 0 radical (unpaired) electrons. The standard InChI is InChI=1S/C14H29N3O/c1-11-9-14(10-15,6-7-16(11)3)17(4)13-5-8-18-12(13)2/h11-13H,5-10,15H2,1-4H3. The van der Waals surface area contributed by atoms with Gasteiger partial charge in [0.25, 0.3) is 0 Å². The van der Waals surface area contributed by atoms with E-state index in [1.165, 1.54) is 12.8 Å². The first kappa shape index (κ1) is 14.3. The zero-order chi connectivity index (χ0) is 13.3. The normalized spacial score (nSPS) is 42.7. The van der Waals surface area contributed by atoms with Crippen LogP contribution in [0.25, 0.3) is 0 Å². The molecular formula is C14H29N3O. The SMILES string of the molecule is CC1OCCC1N(C)C1(CN)CCN(C)C(C)C1. The molecule has 4 atom stereocenters. The van der Waals surface area contributed by atoms with E-state index in [9.17, 15) is 0 Å². The topological polar surface area (TPSA) is 41.7 Å².